The van der Waals surface area contributed by atoms with E-state index >= 15 is 0 Å². The fraction of sp³-hybridized carbons (Fsp3) is 0.250. The van der Waals surface area contributed by atoms with Crippen molar-refractivity contribution in [3.8, 4) is 0 Å². The van der Waals surface area contributed by atoms with Crippen LogP contribution in [0, 0.1) is 6.92 Å². The summed E-state index contributed by atoms with van der Waals surface area (Å²) in [6, 6.07) is 6.26. The van der Waals surface area contributed by atoms with Crippen molar-refractivity contribution < 1.29 is 4.79 Å². The van der Waals surface area contributed by atoms with E-state index in [0.717, 1.165) is 11.1 Å². The standard InChI is InChI=1S/C12H12O/c1-8-3-4-10-6-9(2)12(13)7-11(10)5-8/h3-6H,7H2,1-2H3. The molecule has 0 aromatic heterocycles. The van der Waals surface area contributed by atoms with E-state index < -0.39 is 0 Å². The summed E-state index contributed by atoms with van der Waals surface area (Å²) in [5.41, 5.74) is 4.45. The van der Waals surface area contributed by atoms with Crippen molar-refractivity contribution >= 4 is 11.9 Å². The molecule has 0 atom stereocenters. The molecule has 66 valence electrons. The molecule has 0 saturated heterocycles. The molecule has 0 bridgehead atoms. The zero-order valence-corrected chi connectivity index (χ0v) is 7.92. The number of hydrogen-bond donors (Lipinski definition) is 0. The average molecular weight is 172 g/mol. The van der Waals surface area contributed by atoms with Gasteiger partial charge in [0, 0.05) is 6.42 Å². The third-order valence-electron chi connectivity index (χ3n) is 2.46. The lowest BCUT2D eigenvalue weighted by Crippen LogP contribution is -2.10. The van der Waals surface area contributed by atoms with E-state index in [2.05, 4.69) is 25.1 Å². The zero-order valence-electron chi connectivity index (χ0n) is 7.92. The zero-order chi connectivity index (χ0) is 9.42. The predicted molar refractivity (Wildman–Crippen MR) is 53.5 cm³/mol. The molecule has 0 heterocycles. The van der Waals surface area contributed by atoms with Crippen LogP contribution in [-0.2, 0) is 11.2 Å². The van der Waals surface area contributed by atoms with Gasteiger partial charge in [0.05, 0.1) is 0 Å². The number of fused-ring (bicyclic) bond motifs is 1. The van der Waals surface area contributed by atoms with Gasteiger partial charge in [-0.25, -0.2) is 0 Å². The lowest BCUT2D eigenvalue weighted by Gasteiger charge is -2.13. The second-order valence-corrected chi connectivity index (χ2v) is 3.63. The molecule has 1 aromatic carbocycles. The first-order valence-corrected chi connectivity index (χ1v) is 4.48. The Labute approximate surface area is 78.1 Å². The Hall–Kier alpha value is -1.37. The Morgan fingerprint density at radius 2 is 2.00 bits per heavy atom. The van der Waals surface area contributed by atoms with Crippen molar-refractivity contribution in [3.63, 3.8) is 0 Å². The van der Waals surface area contributed by atoms with Gasteiger partial charge in [-0.15, -0.1) is 0 Å². The quantitative estimate of drug-likeness (QED) is 0.587. The molecule has 1 aliphatic rings. The highest BCUT2D eigenvalue weighted by atomic mass is 16.1. The topological polar surface area (TPSA) is 17.1 Å². The van der Waals surface area contributed by atoms with Gasteiger partial charge in [0.15, 0.2) is 5.78 Å². The summed E-state index contributed by atoms with van der Waals surface area (Å²) in [5.74, 6) is 0.248. The van der Waals surface area contributed by atoms with Crippen LogP contribution in [0.4, 0.5) is 0 Å². The number of rotatable bonds is 0. The molecule has 13 heavy (non-hydrogen) atoms. The normalized spacial score (nSPS) is 15.2. The highest BCUT2D eigenvalue weighted by molar-refractivity contribution is 6.03. The maximum atomic E-state index is 11.4. The molecule has 1 aromatic rings. The van der Waals surface area contributed by atoms with E-state index in [0.29, 0.717) is 6.42 Å². The molecule has 0 saturated carbocycles. The van der Waals surface area contributed by atoms with Crippen LogP contribution >= 0.6 is 0 Å². The molecule has 0 spiro atoms. The van der Waals surface area contributed by atoms with E-state index in [9.17, 15) is 4.79 Å². The van der Waals surface area contributed by atoms with Crippen LogP contribution < -0.4 is 0 Å². The SMILES string of the molecule is CC1=Cc2ccc(C)cc2CC1=O. The third kappa shape index (κ3) is 1.42. The average Bonchev–Trinajstić information content (AvgIpc) is 2.08. The van der Waals surface area contributed by atoms with E-state index in [-0.39, 0.29) is 5.78 Å². The van der Waals surface area contributed by atoms with Crippen molar-refractivity contribution in [1.82, 2.24) is 0 Å². The van der Waals surface area contributed by atoms with Crippen LogP contribution in [-0.4, -0.2) is 5.78 Å². The minimum Gasteiger partial charge on any atom is -0.294 e. The smallest absolute Gasteiger partial charge is 0.162 e. The first-order valence-electron chi connectivity index (χ1n) is 4.48. The van der Waals surface area contributed by atoms with E-state index in [1.54, 1.807) is 0 Å². The number of allylic oxidation sites excluding steroid dienone is 1. The highest BCUT2D eigenvalue weighted by Crippen LogP contribution is 2.22. The van der Waals surface area contributed by atoms with Gasteiger partial charge in [0.25, 0.3) is 0 Å². The monoisotopic (exact) mass is 172 g/mol. The molecule has 0 unspecified atom stereocenters. The number of ketones is 1. The van der Waals surface area contributed by atoms with Crippen molar-refractivity contribution in [2.45, 2.75) is 20.3 Å². The largest absolute Gasteiger partial charge is 0.294 e. The molecule has 0 aliphatic heterocycles. The Kier molecular flexibility index (Phi) is 1.80. The summed E-state index contributed by atoms with van der Waals surface area (Å²) < 4.78 is 0. The number of Topliss-reactive ketones (excluding diaryl/α,β-unsaturated/α-hetero) is 1. The summed E-state index contributed by atoms with van der Waals surface area (Å²) in [4.78, 5) is 11.4. The van der Waals surface area contributed by atoms with Gasteiger partial charge in [-0.1, -0.05) is 23.8 Å². The first-order chi connectivity index (χ1) is 6.16. The maximum Gasteiger partial charge on any atom is 0.162 e. The van der Waals surface area contributed by atoms with Gasteiger partial charge in [0.1, 0.15) is 0 Å². The lowest BCUT2D eigenvalue weighted by molar-refractivity contribution is -0.114. The molecular formula is C12H12O. The number of hydrogen-bond acceptors (Lipinski definition) is 1. The lowest BCUT2D eigenvalue weighted by atomic mass is 9.91. The van der Waals surface area contributed by atoms with Gasteiger partial charge < -0.3 is 0 Å². The first kappa shape index (κ1) is 8.24. The van der Waals surface area contributed by atoms with Crippen molar-refractivity contribution in [2.75, 3.05) is 0 Å². The molecule has 0 N–H and O–H groups in total. The van der Waals surface area contributed by atoms with Crippen LogP contribution in [0.15, 0.2) is 23.8 Å². The Balaban J connectivity index is 2.56. The summed E-state index contributed by atoms with van der Waals surface area (Å²) in [6.07, 6.45) is 2.54. The summed E-state index contributed by atoms with van der Waals surface area (Å²) >= 11 is 0. The van der Waals surface area contributed by atoms with Crippen molar-refractivity contribution in [3.05, 3.63) is 40.5 Å². The number of carbonyl (C=O) groups excluding carboxylic acids is 1. The number of benzene rings is 1. The molecule has 0 fully saturated rings. The summed E-state index contributed by atoms with van der Waals surface area (Å²) in [6.45, 7) is 3.93. The molecule has 1 nitrogen and oxygen atoms in total. The Morgan fingerprint density at radius 3 is 2.77 bits per heavy atom. The van der Waals surface area contributed by atoms with Crippen molar-refractivity contribution in [2.24, 2.45) is 0 Å². The van der Waals surface area contributed by atoms with E-state index in [1.807, 2.05) is 13.0 Å². The van der Waals surface area contributed by atoms with Crippen LogP contribution in [0.25, 0.3) is 6.08 Å². The van der Waals surface area contributed by atoms with Gasteiger partial charge in [0.2, 0.25) is 0 Å². The molecule has 1 aliphatic carbocycles. The fourth-order valence-electron chi connectivity index (χ4n) is 1.65. The molecule has 2 rings (SSSR count). The van der Waals surface area contributed by atoms with Gasteiger partial charge in [-0.05, 0) is 36.6 Å². The third-order valence-corrected chi connectivity index (χ3v) is 2.46. The minimum absolute atomic E-state index is 0.248. The fourth-order valence-corrected chi connectivity index (χ4v) is 1.65. The predicted octanol–water partition coefficient (Wildman–Crippen LogP) is 2.52. The Bertz CT molecular complexity index is 400. The van der Waals surface area contributed by atoms with Crippen LogP contribution in [0.1, 0.15) is 23.6 Å². The molecule has 0 radical (unpaired) electrons. The van der Waals surface area contributed by atoms with Gasteiger partial charge in [-0.2, -0.15) is 0 Å². The second kappa shape index (κ2) is 2.84. The highest BCUT2D eigenvalue weighted by Gasteiger charge is 2.14. The van der Waals surface area contributed by atoms with Gasteiger partial charge in [-0.3, -0.25) is 4.79 Å². The minimum atomic E-state index is 0.248. The number of aryl methyl sites for hydroxylation is 1. The molecule has 1 heteroatoms. The van der Waals surface area contributed by atoms with E-state index in [4.69, 9.17) is 0 Å². The Morgan fingerprint density at radius 1 is 1.23 bits per heavy atom. The number of carbonyl (C=O) groups is 1. The van der Waals surface area contributed by atoms with Crippen LogP contribution in [0.2, 0.25) is 0 Å². The van der Waals surface area contributed by atoms with Crippen molar-refractivity contribution in [1.29, 1.82) is 0 Å². The summed E-state index contributed by atoms with van der Waals surface area (Å²) in [7, 11) is 0. The van der Waals surface area contributed by atoms with Crippen LogP contribution in [0.3, 0.4) is 0 Å². The van der Waals surface area contributed by atoms with Crippen LogP contribution in [0.5, 0.6) is 0 Å². The maximum absolute atomic E-state index is 11.4. The second-order valence-electron chi connectivity index (χ2n) is 3.63. The van der Waals surface area contributed by atoms with Gasteiger partial charge >= 0.3 is 0 Å². The van der Waals surface area contributed by atoms with E-state index in [1.165, 1.54) is 11.1 Å². The molecular weight excluding hydrogens is 160 g/mol. The summed E-state index contributed by atoms with van der Waals surface area (Å²) in [5, 5.41) is 0. The molecule has 0 amide bonds.